The molecule has 1 fully saturated rings. The van der Waals surface area contributed by atoms with Gasteiger partial charge in [-0.1, -0.05) is 12.1 Å². The third-order valence-corrected chi connectivity index (χ3v) is 4.00. The van der Waals surface area contributed by atoms with Gasteiger partial charge in [-0.3, -0.25) is 9.69 Å². The van der Waals surface area contributed by atoms with Gasteiger partial charge < -0.3 is 16.0 Å². The maximum Gasteiger partial charge on any atom is 0.277 e. The first-order valence-corrected chi connectivity index (χ1v) is 7.75. The SMILES string of the molecule is CN1CCN(Cc2cccc(C(=O)NCC(F)(F)CN)c2)CC1. The Hall–Kier alpha value is -1.57. The number of piperazine rings is 1. The number of rotatable bonds is 6. The largest absolute Gasteiger partial charge is 0.346 e. The average Bonchev–Trinajstić information content (AvgIpc) is 2.55. The number of nitrogens with two attached hydrogens (primary N) is 1. The van der Waals surface area contributed by atoms with Crippen molar-refractivity contribution in [2.45, 2.75) is 12.5 Å². The molecule has 0 aliphatic carbocycles. The summed E-state index contributed by atoms with van der Waals surface area (Å²) in [6.07, 6.45) is 0. The smallest absolute Gasteiger partial charge is 0.277 e. The fourth-order valence-electron chi connectivity index (χ4n) is 2.46. The molecule has 7 heteroatoms. The number of alkyl halides is 2. The Labute approximate surface area is 135 Å². The molecule has 2 rings (SSSR count). The lowest BCUT2D eigenvalue weighted by atomic mass is 10.1. The molecule has 0 atom stereocenters. The highest BCUT2D eigenvalue weighted by atomic mass is 19.3. The van der Waals surface area contributed by atoms with Crippen LogP contribution in [0.25, 0.3) is 0 Å². The summed E-state index contributed by atoms with van der Waals surface area (Å²) in [5.74, 6) is -3.58. The Bertz CT molecular complexity index is 531. The van der Waals surface area contributed by atoms with E-state index in [4.69, 9.17) is 5.73 Å². The van der Waals surface area contributed by atoms with Crippen molar-refractivity contribution in [2.24, 2.45) is 5.73 Å². The molecule has 0 spiro atoms. The van der Waals surface area contributed by atoms with Gasteiger partial charge >= 0.3 is 0 Å². The standard InChI is InChI=1S/C16H24F2N4O/c1-21-5-7-22(8-6-21)10-13-3-2-4-14(9-13)15(23)20-12-16(17,18)11-19/h2-4,9H,5-8,10-12,19H2,1H3,(H,20,23). The predicted molar refractivity (Wildman–Crippen MR) is 85.6 cm³/mol. The number of carbonyl (C=O) groups is 1. The summed E-state index contributed by atoms with van der Waals surface area (Å²) in [5.41, 5.74) is 6.36. The van der Waals surface area contributed by atoms with Gasteiger partial charge in [0.25, 0.3) is 11.8 Å². The molecule has 1 amide bonds. The maximum absolute atomic E-state index is 13.1. The monoisotopic (exact) mass is 326 g/mol. The van der Waals surface area contributed by atoms with E-state index in [1.54, 1.807) is 18.2 Å². The summed E-state index contributed by atoms with van der Waals surface area (Å²) in [6, 6.07) is 7.11. The van der Waals surface area contributed by atoms with Gasteiger partial charge in [0.05, 0.1) is 13.1 Å². The number of likely N-dealkylation sites (N-methyl/N-ethyl adjacent to an activating group) is 1. The van der Waals surface area contributed by atoms with Crippen LogP contribution >= 0.6 is 0 Å². The number of benzene rings is 1. The molecule has 1 aromatic rings. The van der Waals surface area contributed by atoms with Crippen molar-refractivity contribution in [2.75, 3.05) is 46.3 Å². The van der Waals surface area contributed by atoms with Crippen LogP contribution in [0, 0.1) is 0 Å². The third-order valence-electron chi connectivity index (χ3n) is 4.00. The molecule has 1 aliphatic heterocycles. The second kappa shape index (κ2) is 7.81. The van der Waals surface area contributed by atoms with Crippen LogP contribution in [0.1, 0.15) is 15.9 Å². The molecule has 0 saturated carbocycles. The number of carbonyl (C=O) groups excluding carboxylic acids is 1. The van der Waals surface area contributed by atoms with Crippen molar-refractivity contribution in [1.29, 1.82) is 0 Å². The summed E-state index contributed by atoms with van der Waals surface area (Å²) in [7, 11) is 2.10. The Morgan fingerprint density at radius 2 is 2.00 bits per heavy atom. The quantitative estimate of drug-likeness (QED) is 0.810. The topological polar surface area (TPSA) is 61.6 Å². The van der Waals surface area contributed by atoms with Crippen LogP contribution in [0.3, 0.4) is 0 Å². The summed E-state index contributed by atoms with van der Waals surface area (Å²) < 4.78 is 26.2. The van der Waals surface area contributed by atoms with Crippen LogP contribution in [0.2, 0.25) is 0 Å². The lowest BCUT2D eigenvalue weighted by Gasteiger charge is -2.32. The Balaban J connectivity index is 1.92. The van der Waals surface area contributed by atoms with Gasteiger partial charge in [-0.05, 0) is 24.7 Å². The van der Waals surface area contributed by atoms with E-state index < -0.39 is 24.9 Å². The van der Waals surface area contributed by atoms with Crippen molar-refractivity contribution in [3.63, 3.8) is 0 Å². The van der Waals surface area contributed by atoms with E-state index in [-0.39, 0.29) is 0 Å². The summed E-state index contributed by atoms with van der Waals surface area (Å²) in [4.78, 5) is 16.6. The lowest BCUT2D eigenvalue weighted by molar-refractivity contribution is 0.0118. The first kappa shape index (κ1) is 17.8. The molecule has 0 unspecified atom stereocenters. The number of hydrogen-bond acceptors (Lipinski definition) is 4. The average molecular weight is 326 g/mol. The molecule has 3 N–H and O–H groups in total. The van der Waals surface area contributed by atoms with Gasteiger partial charge in [-0.25, -0.2) is 8.78 Å². The third kappa shape index (κ3) is 5.53. The van der Waals surface area contributed by atoms with E-state index in [1.165, 1.54) is 0 Å². The Kier molecular flexibility index (Phi) is 6.04. The van der Waals surface area contributed by atoms with E-state index in [2.05, 4.69) is 22.2 Å². The van der Waals surface area contributed by atoms with Crippen molar-refractivity contribution in [3.8, 4) is 0 Å². The van der Waals surface area contributed by atoms with Crippen LogP contribution in [0.15, 0.2) is 24.3 Å². The number of halogens is 2. The zero-order valence-corrected chi connectivity index (χ0v) is 13.4. The van der Waals surface area contributed by atoms with Crippen LogP contribution in [-0.2, 0) is 6.54 Å². The predicted octanol–water partition coefficient (Wildman–Crippen LogP) is 0.758. The molecule has 128 valence electrons. The zero-order chi connectivity index (χ0) is 16.9. The van der Waals surface area contributed by atoms with Crippen molar-refractivity contribution < 1.29 is 13.6 Å². The fraction of sp³-hybridized carbons (Fsp3) is 0.562. The van der Waals surface area contributed by atoms with Crippen molar-refractivity contribution >= 4 is 5.91 Å². The lowest BCUT2D eigenvalue weighted by Crippen LogP contribution is -2.44. The molecule has 0 bridgehead atoms. The van der Waals surface area contributed by atoms with Gasteiger partial charge in [-0.15, -0.1) is 0 Å². The minimum atomic E-state index is -3.08. The molecule has 1 heterocycles. The highest BCUT2D eigenvalue weighted by Crippen LogP contribution is 2.12. The van der Waals surface area contributed by atoms with Gasteiger partial charge in [0.1, 0.15) is 0 Å². The highest BCUT2D eigenvalue weighted by molar-refractivity contribution is 5.94. The minimum Gasteiger partial charge on any atom is -0.346 e. The first-order valence-electron chi connectivity index (χ1n) is 7.75. The Morgan fingerprint density at radius 3 is 2.65 bits per heavy atom. The highest BCUT2D eigenvalue weighted by Gasteiger charge is 2.27. The molecule has 1 saturated heterocycles. The van der Waals surface area contributed by atoms with Gasteiger partial charge in [0.2, 0.25) is 0 Å². The van der Waals surface area contributed by atoms with E-state index in [1.807, 2.05) is 6.07 Å². The van der Waals surface area contributed by atoms with E-state index >= 15 is 0 Å². The van der Waals surface area contributed by atoms with Crippen LogP contribution in [0.5, 0.6) is 0 Å². The van der Waals surface area contributed by atoms with Gasteiger partial charge in [0, 0.05) is 38.3 Å². The zero-order valence-electron chi connectivity index (χ0n) is 13.4. The van der Waals surface area contributed by atoms with E-state index in [0.717, 1.165) is 38.3 Å². The summed E-state index contributed by atoms with van der Waals surface area (Å²) >= 11 is 0. The molecular weight excluding hydrogens is 302 g/mol. The van der Waals surface area contributed by atoms with Crippen molar-refractivity contribution in [1.82, 2.24) is 15.1 Å². The van der Waals surface area contributed by atoms with E-state index in [9.17, 15) is 13.6 Å². The normalized spacial score (nSPS) is 17.2. The van der Waals surface area contributed by atoms with Crippen LogP contribution in [0.4, 0.5) is 8.78 Å². The second-order valence-electron chi connectivity index (χ2n) is 6.02. The van der Waals surface area contributed by atoms with Crippen molar-refractivity contribution in [3.05, 3.63) is 35.4 Å². The molecular formula is C16H24F2N4O. The fourth-order valence-corrected chi connectivity index (χ4v) is 2.46. The molecule has 0 aromatic heterocycles. The molecule has 0 radical (unpaired) electrons. The minimum absolute atomic E-state index is 0.393. The number of nitrogens with zero attached hydrogens (tertiary/aromatic N) is 2. The second-order valence-corrected chi connectivity index (χ2v) is 6.02. The molecule has 1 aliphatic rings. The van der Waals surface area contributed by atoms with Gasteiger partial charge in [-0.2, -0.15) is 0 Å². The molecule has 23 heavy (non-hydrogen) atoms. The van der Waals surface area contributed by atoms with Crippen LogP contribution in [-0.4, -0.2) is 67.9 Å². The van der Waals surface area contributed by atoms with E-state index in [0.29, 0.717) is 5.56 Å². The maximum atomic E-state index is 13.1. The summed E-state index contributed by atoms with van der Waals surface area (Å²) in [5, 5.41) is 2.24. The summed E-state index contributed by atoms with van der Waals surface area (Å²) in [6.45, 7) is 3.24. The number of hydrogen-bond donors (Lipinski definition) is 2. The van der Waals surface area contributed by atoms with Gasteiger partial charge in [0.15, 0.2) is 0 Å². The number of amides is 1. The molecule has 1 aromatic carbocycles. The Morgan fingerprint density at radius 1 is 1.30 bits per heavy atom. The molecule has 5 nitrogen and oxygen atoms in total. The first-order chi connectivity index (χ1) is 10.9. The number of nitrogens with one attached hydrogen (secondary N) is 1. The van der Waals surface area contributed by atoms with Crippen LogP contribution < -0.4 is 11.1 Å².